The van der Waals surface area contributed by atoms with E-state index < -0.39 is 6.61 Å². The third-order valence-corrected chi connectivity index (χ3v) is 13.2. The number of nitrogens with zero attached hydrogens (tertiary/aromatic N) is 6. The van der Waals surface area contributed by atoms with E-state index in [9.17, 15) is 29.1 Å². The molecule has 0 saturated carbocycles. The van der Waals surface area contributed by atoms with Crippen LogP contribution in [0, 0.1) is 0 Å². The minimum Gasteiger partial charge on any atom is -0.387 e. The Bertz CT molecular complexity index is 2410. The second-order valence-corrected chi connectivity index (χ2v) is 18.6. The highest BCUT2D eigenvalue weighted by molar-refractivity contribution is 7.16. The molecule has 23 heteroatoms. The monoisotopic (exact) mass is 1030 g/mol. The lowest BCUT2D eigenvalue weighted by atomic mass is 9.99. The SMILES string of the molecule is CN(C)C/C=C/C(=O)N1CCN(c2ccc(CCNC(=O)CCOCCOCCOCCOCCOCCNC(=O)Cn3ccc(-c4cc(Cl)c(Cl)c5[nH]c6c(c45)CN(C(=O)CO)CC6)n3)s2)C(=O)C1. The second kappa shape index (κ2) is 28.2. The molecule has 4 aromatic rings. The van der Waals surface area contributed by atoms with Crippen molar-refractivity contribution in [3.63, 3.8) is 0 Å². The predicted octanol–water partition coefficient (Wildman–Crippen LogP) is 2.52. The number of carbonyl (C=O) groups excluding carboxylic acids is 5. The molecule has 0 bridgehead atoms. The highest BCUT2D eigenvalue weighted by Crippen LogP contribution is 2.42. The lowest BCUT2D eigenvalue weighted by molar-refractivity contribution is -0.135. The molecule has 1 saturated heterocycles. The highest BCUT2D eigenvalue weighted by atomic mass is 35.5. The molecule has 20 nitrogen and oxygen atoms in total. The molecular weight excluding hydrogens is 970 g/mol. The van der Waals surface area contributed by atoms with Crippen molar-refractivity contribution in [3.8, 4) is 11.3 Å². The molecule has 1 aromatic carbocycles. The number of aromatic amines is 1. The van der Waals surface area contributed by atoms with Crippen LogP contribution in [0.1, 0.15) is 22.6 Å². The van der Waals surface area contributed by atoms with E-state index in [0.29, 0.717) is 145 Å². The maximum atomic E-state index is 12.8. The molecule has 2 aliphatic rings. The van der Waals surface area contributed by atoms with Gasteiger partial charge in [-0.2, -0.15) is 5.10 Å². The molecule has 6 rings (SSSR count). The number of aliphatic hydroxyl groups excluding tert-OH is 1. The van der Waals surface area contributed by atoms with E-state index in [1.54, 1.807) is 39.1 Å². The zero-order valence-electron chi connectivity index (χ0n) is 39.7. The number of aromatic nitrogens is 3. The van der Waals surface area contributed by atoms with Crippen molar-refractivity contribution in [1.29, 1.82) is 0 Å². The summed E-state index contributed by atoms with van der Waals surface area (Å²) in [6.45, 7) is 6.28. The van der Waals surface area contributed by atoms with E-state index in [-0.39, 0.29) is 55.7 Å². The van der Waals surface area contributed by atoms with Crippen molar-refractivity contribution >= 4 is 80.0 Å². The van der Waals surface area contributed by atoms with Crippen molar-refractivity contribution in [2.45, 2.75) is 32.4 Å². The molecule has 3 aromatic heterocycles. The Hall–Kier alpha value is -4.94. The first-order valence-corrected chi connectivity index (χ1v) is 24.8. The second-order valence-electron chi connectivity index (χ2n) is 16.6. The summed E-state index contributed by atoms with van der Waals surface area (Å²) >= 11 is 14.6. The summed E-state index contributed by atoms with van der Waals surface area (Å²) in [6.07, 6.45) is 6.48. The number of likely N-dealkylation sites (N-methyl/N-ethyl adjacent to an activating group) is 1. The third kappa shape index (κ3) is 16.3. The Balaban J connectivity index is 0.717. The first-order valence-electron chi connectivity index (χ1n) is 23.3. The molecule has 4 N–H and O–H groups in total. The Kier molecular flexibility index (Phi) is 21.9. The Morgan fingerprint density at radius 2 is 1.54 bits per heavy atom. The number of ether oxygens (including phenoxy) is 5. The van der Waals surface area contributed by atoms with Crippen LogP contribution in [-0.4, -0.2) is 197 Å². The van der Waals surface area contributed by atoms with Gasteiger partial charge in [-0.15, -0.1) is 11.3 Å². The predicted molar refractivity (Wildman–Crippen MR) is 265 cm³/mol. The highest BCUT2D eigenvalue weighted by Gasteiger charge is 2.29. The molecule has 5 amide bonds. The van der Waals surface area contributed by atoms with E-state index in [4.69, 9.17) is 46.9 Å². The van der Waals surface area contributed by atoms with Gasteiger partial charge in [0.2, 0.25) is 29.5 Å². The fourth-order valence-electron chi connectivity index (χ4n) is 7.68. The van der Waals surface area contributed by atoms with E-state index in [2.05, 4.69) is 20.7 Å². The average molecular weight is 1030 g/mol. The largest absolute Gasteiger partial charge is 0.387 e. The zero-order chi connectivity index (χ0) is 49.8. The van der Waals surface area contributed by atoms with Gasteiger partial charge < -0.3 is 64.0 Å². The number of benzene rings is 1. The summed E-state index contributed by atoms with van der Waals surface area (Å²) < 4.78 is 29.2. The molecule has 0 spiro atoms. The topological polar surface area (TPSA) is 222 Å². The smallest absolute Gasteiger partial charge is 0.248 e. The molecular formula is C47H63Cl2N9O11S. The van der Waals surface area contributed by atoms with Gasteiger partial charge in [-0.3, -0.25) is 28.7 Å². The van der Waals surface area contributed by atoms with Gasteiger partial charge in [-0.25, -0.2) is 0 Å². The molecule has 2 aliphatic heterocycles. The molecule has 1 fully saturated rings. The van der Waals surface area contributed by atoms with Gasteiger partial charge in [0, 0.05) is 98.0 Å². The van der Waals surface area contributed by atoms with Gasteiger partial charge in [0.25, 0.3) is 0 Å². The van der Waals surface area contributed by atoms with Crippen LogP contribution in [0.2, 0.25) is 10.0 Å². The van der Waals surface area contributed by atoms with Gasteiger partial charge in [0.15, 0.2) is 0 Å². The number of rotatable bonds is 29. The van der Waals surface area contributed by atoms with E-state index in [1.165, 1.54) is 22.1 Å². The maximum absolute atomic E-state index is 12.8. The van der Waals surface area contributed by atoms with Crippen LogP contribution in [0.15, 0.2) is 42.6 Å². The number of amides is 5. The van der Waals surface area contributed by atoms with Gasteiger partial charge in [0.05, 0.1) is 92.3 Å². The third-order valence-electron chi connectivity index (χ3n) is 11.3. The van der Waals surface area contributed by atoms with E-state index in [0.717, 1.165) is 26.5 Å². The number of nitrogens with one attached hydrogen (secondary N) is 3. The molecule has 70 heavy (non-hydrogen) atoms. The minimum absolute atomic E-state index is 0.00669. The Morgan fingerprint density at radius 3 is 2.23 bits per heavy atom. The molecule has 0 aliphatic carbocycles. The number of piperazine rings is 1. The number of hydrogen-bond donors (Lipinski definition) is 4. The van der Waals surface area contributed by atoms with Crippen LogP contribution >= 0.6 is 34.5 Å². The average Bonchev–Trinajstić information content (AvgIpc) is 4.11. The van der Waals surface area contributed by atoms with Crippen molar-refractivity contribution in [2.24, 2.45) is 0 Å². The van der Waals surface area contributed by atoms with Crippen LogP contribution in [-0.2, 0) is 73.6 Å². The fourth-order valence-corrected chi connectivity index (χ4v) is 9.13. The van der Waals surface area contributed by atoms with Gasteiger partial charge in [-0.05, 0) is 44.8 Å². The van der Waals surface area contributed by atoms with Gasteiger partial charge >= 0.3 is 0 Å². The van der Waals surface area contributed by atoms with Gasteiger partial charge in [0.1, 0.15) is 19.7 Å². The summed E-state index contributed by atoms with van der Waals surface area (Å²) in [7, 11) is 3.85. The first-order chi connectivity index (χ1) is 33.9. The van der Waals surface area contributed by atoms with Crippen molar-refractivity contribution < 1.29 is 52.8 Å². The van der Waals surface area contributed by atoms with E-state index in [1.807, 2.05) is 31.1 Å². The van der Waals surface area contributed by atoms with Crippen LogP contribution in [0.5, 0.6) is 0 Å². The number of thiophene rings is 1. The molecule has 0 radical (unpaired) electrons. The summed E-state index contributed by atoms with van der Waals surface area (Å²) in [5.74, 6) is -0.954. The molecule has 0 unspecified atom stereocenters. The molecule has 0 atom stereocenters. The number of hydrogen-bond acceptors (Lipinski definition) is 14. The van der Waals surface area contributed by atoms with Gasteiger partial charge in [-0.1, -0.05) is 29.3 Å². The summed E-state index contributed by atoms with van der Waals surface area (Å²) in [5, 5.41) is 22.1. The number of carbonyl (C=O) groups is 5. The number of H-pyrrole nitrogens is 1. The normalized spacial score (nSPS) is 14.1. The van der Waals surface area contributed by atoms with Crippen LogP contribution < -0.4 is 15.5 Å². The zero-order valence-corrected chi connectivity index (χ0v) is 42.0. The van der Waals surface area contributed by atoms with E-state index >= 15 is 0 Å². The quantitative estimate of drug-likeness (QED) is 0.0455. The Morgan fingerprint density at radius 1 is 0.857 bits per heavy atom. The number of fused-ring (bicyclic) bond motifs is 3. The minimum atomic E-state index is -0.564. The number of anilines is 1. The standard InChI is InChI=1S/C47H63Cl2N9O11S/c1-54(2)13-3-4-41(62)56-16-17-58(42(63)31-56)44-6-5-33(70-44)7-11-50-39(60)10-18-65-20-22-67-24-26-69-27-25-68-23-21-66-19-12-51-40(61)30-57-15-9-38(53-57)34-28-36(48)46(49)47-45(34)35-29-55(43(64)32-59)14-8-37(35)52-47/h3-6,9,15,28,52,59H,7-8,10-14,16-27,29-32H2,1-2H3,(H,50,60)(H,51,61)/b4-3+. The summed E-state index contributed by atoms with van der Waals surface area (Å²) in [5.41, 5.74) is 3.80. The summed E-state index contributed by atoms with van der Waals surface area (Å²) in [6, 6.07) is 7.41. The van der Waals surface area contributed by atoms with Crippen molar-refractivity contribution in [2.75, 3.05) is 137 Å². The number of halogens is 2. The summed E-state index contributed by atoms with van der Waals surface area (Å²) in [4.78, 5) is 73.7. The Labute approximate surface area is 421 Å². The van der Waals surface area contributed by atoms with Crippen LogP contribution in [0.25, 0.3) is 22.2 Å². The molecule has 5 heterocycles. The maximum Gasteiger partial charge on any atom is 0.248 e. The molecule has 382 valence electrons. The lowest BCUT2D eigenvalue weighted by Gasteiger charge is -2.33. The lowest BCUT2D eigenvalue weighted by Crippen LogP contribution is -2.51. The first kappa shape index (κ1) is 54.4. The van der Waals surface area contributed by atoms with Crippen LogP contribution in [0.4, 0.5) is 5.00 Å². The number of aliphatic hydroxyl groups is 1. The van der Waals surface area contributed by atoms with Crippen molar-refractivity contribution in [1.82, 2.24) is 40.1 Å². The fraction of sp³-hybridized carbons (Fsp3) is 0.532. The van der Waals surface area contributed by atoms with Crippen molar-refractivity contribution in [3.05, 3.63) is 68.8 Å². The van der Waals surface area contributed by atoms with Crippen LogP contribution in [0.3, 0.4) is 0 Å².